The summed E-state index contributed by atoms with van der Waals surface area (Å²) < 4.78 is 11.0. The molecule has 0 spiro atoms. The molecule has 2 rings (SSSR count). The van der Waals surface area contributed by atoms with Gasteiger partial charge in [-0.05, 0) is 30.5 Å². The van der Waals surface area contributed by atoms with Crippen molar-refractivity contribution in [3.63, 3.8) is 0 Å². The summed E-state index contributed by atoms with van der Waals surface area (Å²) in [7, 11) is 8.32. The summed E-state index contributed by atoms with van der Waals surface area (Å²) in [4.78, 5) is 35.3. The van der Waals surface area contributed by atoms with Crippen molar-refractivity contribution in [2.24, 2.45) is 0 Å². The Hall–Kier alpha value is -2.16. The molecule has 0 saturated carbocycles. The first kappa shape index (κ1) is 19.2. The molecule has 1 unspecified atom stereocenters. The Morgan fingerprint density at radius 2 is 2.12 bits per heavy atom. The average molecular weight is 362 g/mol. The van der Waals surface area contributed by atoms with Gasteiger partial charge in [-0.1, -0.05) is 17.8 Å². The molecule has 1 heterocycles. The monoisotopic (exact) mass is 362 g/mol. The third kappa shape index (κ3) is 5.42. The highest BCUT2D eigenvalue weighted by Crippen LogP contribution is 2.30. The molecule has 0 aliphatic carbocycles. The van der Waals surface area contributed by atoms with E-state index in [1.807, 2.05) is 6.07 Å². The second kappa shape index (κ2) is 8.80. The van der Waals surface area contributed by atoms with E-state index in [2.05, 4.69) is 5.32 Å². The SMILES string of the molecule is [B]C(=O)N(C)CCCOc1cc(CC2SC(=O)NC2=O)ccc1OC. The largest absolute Gasteiger partial charge is 0.493 e. The molecule has 3 amide bonds. The molecule has 0 bridgehead atoms. The van der Waals surface area contributed by atoms with Gasteiger partial charge in [-0.25, -0.2) is 0 Å². The van der Waals surface area contributed by atoms with Crippen molar-refractivity contribution in [2.45, 2.75) is 18.1 Å². The summed E-state index contributed by atoms with van der Waals surface area (Å²) in [5, 5.41) is 1.52. The van der Waals surface area contributed by atoms with Crippen LogP contribution in [-0.4, -0.2) is 62.3 Å². The lowest BCUT2D eigenvalue weighted by molar-refractivity contribution is -0.118. The minimum Gasteiger partial charge on any atom is -0.493 e. The average Bonchev–Trinajstić information content (AvgIpc) is 2.88. The molecule has 1 fully saturated rings. The van der Waals surface area contributed by atoms with Crippen LogP contribution in [0.25, 0.3) is 0 Å². The predicted molar refractivity (Wildman–Crippen MR) is 95.5 cm³/mol. The number of hydrogen-bond donors (Lipinski definition) is 1. The number of amides is 3. The second-order valence-corrected chi connectivity index (χ2v) is 6.71. The number of carbonyl (C=O) groups is 3. The van der Waals surface area contributed by atoms with Crippen molar-refractivity contribution >= 4 is 36.6 Å². The number of carbonyl (C=O) groups excluding carboxylic acids is 3. The molecule has 1 aliphatic heterocycles. The van der Waals surface area contributed by atoms with E-state index in [1.54, 1.807) is 26.3 Å². The first-order valence-electron chi connectivity index (χ1n) is 7.72. The fraction of sp³-hybridized carbons (Fsp3) is 0.438. The summed E-state index contributed by atoms with van der Waals surface area (Å²) in [6.45, 7) is 0.868. The fourth-order valence-corrected chi connectivity index (χ4v) is 3.16. The van der Waals surface area contributed by atoms with Gasteiger partial charge >= 0.3 is 0 Å². The van der Waals surface area contributed by atoms with Crippen LogP contribution in [0.2, 0.25) is 0 Å². The highest BCUT2D eigenvalue weighted by atomic mass is 32.2. The van der Waals surface area contributed by atoms with Crippen molar-refractivity contribution in [1.82, 2.24) is 10.2 Å². The van der Waals surface area contributed by atoms with Crippen molar-refractivity contribution in [3.05, 3.63) is 23.8 Å². The van der Waals surface area contributed by atoms with Crippen LogP contribution in [0, 0.1) is 0 Å². The zero-order valence-corrected chi connectivity index (χ0v) is 14.9. The Morgan fingerprint density at radius 3 is 2.72 bits per heavy atom. The maximum absolute atomic E-state index is 11.7. The highest BCUT2D eigenvalue weighted by Gasteiger charge is 2.31. The Kier molecular flexibility index (Phi) is 6.75. The van der Waals surface area contributed by atoms with Crippen LogP contribution in [0.15, 0.2) is 18.2 Å². The van der Waals surface area contributed by atoms with Crippen molar-refractivity contribution in [1.29, 1.82) is 0 Å². The summed E-state index contributed by atoms with van der Waals surface area (Å²) in [6.07, 6.45) is 1.04. The quantitative estimate of drug-likeness (QED) is 0.558. The van der Waals surface area contributed by atoms with Gasteiger partial charge in [-0.15, -0.1) is 0 Å². The van der Waals surface area contributed by atoms with E-state index in [0.29, 0.717) is 37.5 Å². The van der Waals surface area contributed by atoms with Crippen molar-refractivity contribution in [3.8, 4) is 11.5 Å². The predicted octanol–water partition coefficient (Wildman–Crippen LogP) is 1.58. The van der Waals surface area contributed by atoms with Crippen LogP contribution in [0.4, 0.5) is 9.59 Å². The Labute approximate surface area is 151 Å². The molecule has 9 heteroatoms. The first-order valence-corrected chi connectivity index (χ1v) is 8.60. The van der Waals surface area contributed by atoms with E-state index in [4.69, 9.17) is 17.3 Å². The molecule has 1 saturated heterocycles. The summed E-state index contributed by atoms with van der Waals surface area (Å²) in [5.74, 6) is 0.368. The number of rotatable bonds is 8. The van der Waals surface area contributed by atoms with Crippen LogP contribution < -0.4 is 14.8 Å². The number of thioether (sulfide) groups is 1. The number of nitrogens with zero attached hydrogens (tertiary/aromatic N) is 1. The van der Waals surface area contributed by atoms with E-state index in [1.165, 1.54) is 4.90 Å². The molecule has 1 atom stereocenters. The Bertz CT molecular complexity index is 670. The van der Waals surface area contributed by atoms with Gasteiger partial charge in [0.25, 0.3) is 5.24 Å². The molecular weight excluding hydrogens is 343 g/mol. The van der Waals surface area contributed by atoms with Gasteiger partial charge in [0.1, 0.15) is 0 Å². The summed E-state index contributed by atoms with van der Waals surface area (Å²) in [5.41, 5.74) is 0.868. The van der Waals surface area contributed by atoms with E-state index in [-0.39, 0.29) is 11.1 Å². The third-order valence-corrected chi connectivity index (χ3v) is 4.67. The van der Waals surface area contributed by atoms with Gasteiger partial charge in [0.2, 0.25) is 13.8 Å². The number of ether oxygens (including phenoxy) is 2. The topological polar surface area (TPSA) is 84.9 Å². The standard InChI is InChI=1S/C16H19BN2O5S/c1-19(15(17)21)6-3-7-24-12-8-10(4-5-11(12)23-2)9-13-14(20)18-16(22)25-13/h4-5,8,13H,3,6-7,9H2,1-2H3,(H,18,20,22). The van der Waals surface area contributed by atoms with Gasteiger partial charge in [0.05, 0.1) is 19.0 Å². The number of imide groups is 1. The maximum Gasteiger partial charge on any atom is 0.286 e. The van der Waals surface area contributed by atoms with Gasteiger partial charge in [0.15, 0.2) is 17.3 Å². The lowest BCUT2D eigenvalue weighted by atomic mass is 10.1. The molecule has 25 heavy (non-hydrogen) atoms. The first-order chi connectivity index (χ1) is 11.9. The maximum atomic E-state index is 11.7. The molecule has 2 radical (unpaired) electrons. The van der Waals surface area contributed by atoms with Crippen LogP contribution >= 0.6 is 11.8 Å². The lowest BCUT2D eigenvalue weighted by Crippen LogP contribution is -2.27. The van der Waals surface area contributed by atoms with E-state index >= 15 is 0 Å². The molecule has 7 nitrogen and oxygen atoms in total. The normalized spacial score (nSPS) is 16.5. The molecule has 0 aromatic heterocycles. The zero-order chi connectivity index (χ0) is 18.4. The molecule has 1 aromatic rings. The van der Waals surface area contributed by atoms with E-state index < -0.39 is 11.1 Å². The molecular formula is C16H19BN2O5S. The van der Waals surface area contributed by atoms with E-state index in [9.17, 15) is 14.4 Å². The number of nitrogens with one attached hydrogen (secondary N) is 1. The molecule has 132 valence electrons. The van der Waals surface area contributed by atoms with Crippen LogP contribution in [-0.2, 0) is 11.2 Å². The second-order valence-electron chi connectivity index (χ2n) is 5.53. The molecule has 1 aliphatic rings. The minimum atomic E-state index is -0.485. The lowest BCUT2D eigenvalue weighted by Gasteiger charge is -2.16. The van der Waals surface area contributed by atoms with Gasteiger partial charge in [-0.3, -0.25) is 19.7 Å². The van der Waals surface area contributed by atoms with Crippen LogP contribution in [0.3, 0.4) is 0 Å². The minimum absolute atomic E-state index is 0.275. The summed E-state index contributed by atoms with van der Waals surface area (Å²) >= 11 is 0.991. The molecule has 1 N–H and O–H groups in total. The van der Waals surface area contributed by atoms with Crippen LogP contribution in [0.1, 0.15) is 12.0 Å². The Balaban J connectivity index is 1.95. The van der Waals surface area contributed by atoms with Gasteiger partial charge in [0, 0.05) is 13.6 Å². The third-order valence-electron chi connectivity index (χ3n) is 3.69. The highest BCUT2D eigenvalue weighted by molar-refractivity contribution is 8.15. The Morgan fingerprint density at radius 1 is 1.36 bits per heavy atom. The number of methoxy groups -OCH3 is 1. The smallest absolute Gasteiger partial charge is 0.286 e. The van der Waals surface area contributed by atoms with E-state index in [0.717, 1.165) is 17.3 Å². The van der Waals surface area contributed by atoms with Gasteiger partial charge in [-0.2, -0.15) is 0 Å². The van der Waals surface area contributed by atoms with Crippen LogP contribution in [0.5, 0.6) is 11.5 Å². The molecule has 1 aromatic carbocycles. The fourth-order valence-electron chi connectivity index (χ4n) is 2.30. The zero-order valence-electron chi connectivity index (χ0n) is 14.1. The van der Waals surface area contributed by atoms with Crippen molar-refractivity contribution < 1.29 is 23.9 Å². The number of hydrogen-bond acceptors (Lipinski definition) is 6. The number of benzene rings is 1. The van der Waals surface area contributed by atoms with Crippen molar-refractivity contribution in [2.75, 3.05) is 27.3 Å². The van der Waals surface area contributed by atoms with Gasteiger partial charge < -0.3 is 14.4 Å². The summed E-state index contributed by atoms with van der Waals surface area (Å²) in [6, 6.07) is 5.40.